The van der Waals surface area contributed by atoms with Gasteiger partial charge in [0, 0.05) is 12.6 Å². The summed E-state index contributed by atoms with van der Waals surface area (Å²) in [4.78, 5) is 2.60. The molecule has 2 nitrogen and oxygen atoms in total. The molecule has 1 heterocycles. The standard InChI is InChI=1S/C11H24N2/c1-4-9(2)10(3)13-6-5-11(7-12)8-13/h9-11H,4-8,12H2,1-3H3. The van der Waals surface area contributed by atoms with E-state index < -0.39 is 0 Å². The quantitative estimate of drug-likeness (QED) is 0.720. The molecule has 0 aromatic rings. The molecular weight excluding hydrogens is 160 g/mol. The zero-order valence-corrected chi connectivity index (χ0v) is 9.29. The molecule has 0 aromatic heterocycles. The van der Waals surface area contributed by atoms with Crippen molar-refractivity contribution in [1.82, 2.24) is 4.90 Å². The molecule has 3 atom stereocenters. The predicted octanol–water partition coefficient (Wildman–Crippen LogP) is 1.70. The van der Waals surface area contributed by atoms with Crippen LogP contribution in [0.4, 0.5) is 0 Å². The van der Waals surface area contributed by atoms with Gasteiger partial charge in [-0.3, -0.25) is 0 Å². The Morgan fingerprint density at radius 3 is 2.62 bits per heavy atom. The third kappa shape index (κ3) is 2.68. The van der Waals surface area contributed by atoms with Crippen LogP contribution in [-0.2, 0) is 0 Å². The van der Waals surface area contributed by atoms with E-state index >= 15 is 0 Å². The minimum absolute atomic E-state index is 0.738. The molecule has 2 N–H and O–H groups in total. The summed E-state index contributed by atoms with van der Waals surface area (Å²) in [6, 6.07) is 0.738. The Morgan fingerprint density at radius 1 is 1.46 bits per heavy atom. The number of rotatable bonds is 4. The fourth-order valence-corrected chi connectivity index (χ4v) is 2.13. The molecule has 78 valence electrons. The third-order valence-corrected chi connectivity index (χ3v) is 3.69. The van der Waals surface area contributed by atoms with E-state index in [1.165, 1.54) is 25.9 Å². The number of nitrogens with zero attached hydrogens (tertiary/aromatic N) is 1. The Hall–Kier alpha value is -0.0800. The molecule has 1 fully saturated rings. The highest BCUT2D eigenvalue weighted by Crippen LogP contribution is 2.22. The van der Waals surface area contributed by atoms with E-state index in [1.807, 2.05) is 0 Å². The first-order valence-corrected chi connectivity index (χ1v) is 5.63. The van der Waals surface area contributed by atoms with Gasteiger partial charge >= 0.3 is 0 Å². The van der Waals surface area contributed by atoms with Crippen molar-refractivity contribution in [3.05, 3.63) is 0 Å². The second kappa shape index (κ2) is 4.97. The summed E-state index contributed by atoms with van der Waals surface area (Å²) < 4.78 is 0. The first-order chi connectivity index (χ1) is 6.19. The summed E-state index contributed by atoms with van der Waals surface area (Å²) in [5.41, 5.74) is 5.68. The lowest BCUT2D eigenvalue weighted by atomic mass is 10.00. The van der Waals surface area contributed by atoms with Gasteiger partial charge in [0.15, 0.2) is 0 Å². The Labute approximate surface area is 82.5 Å². The topological polar surface area (TPSA) is 29.3 Å². The maximum atomic E-state index is 5.68. The molecule has 1 aliphatic rings. The normalized spacial score (nSPS) is 29.1. The monoisotopic (exact) mass is 184 g/mol. The molecule has 1 rings (SSSR count). The first kappa shape index (κ1) is 11.0. The summed E-state index contributed by atoms with van der Waals surface area (Å²) in [7, 11) is 0. The van der Waals surface area contributed by atoms with Crippen molar-refractivity contribution in [1.29, 1.82) is 0 Å². The fraction of sp³-hybridized carbons (Fsp3) is 1.00. The Kier molecular flexibility index (Phi) is 4.20. The fourth-order valence-electron chi connectivity index (χ4n) is 2.13. The van der Waals surface area contributed by atoms with E-state index in [0.29, 0.717) is 0 Å². The summed E-state index contributed by atoms with van der Waals surface area (Å²) >= 11 is 0. The van der Waals surface area contributed by atoms with E-state index in [0.717, 1.165) is 24.4 Å². The lowest BCUT2D eigenvalue weighted by Crippen LogP contribution is -2.36. The second-order valence-corrected chi connectivity index (χ2v) is 4.51. The van der Waals surface area contributed by atoms with Crippen molar-refractivity contribution in [2.75, 3.05) is 19.6 Å². The zero-order valence-electron chi connectivity index (χ0n) is 9.29. The van der Waals surface area contributed by atoms with Gasteiger partial charge in [-0.2, -0.15) is 0 Å². The van der Waals surface area contributed by atoms with Gasteiger partial charge in [0.05, 0.1) is 0 Å². The lowest BCUT2D eigenvalue weighted by Gasteiger charge is -2.29. The highest BCUT2D eigenvalue weighted by atomic mass is 15.2. The molecule has 0 bridgehead atoms. The van der Waals surface area contributed by atoms with Crippen LogP contribution in [0.25, 0.3) is 0 Å². The molecule has 3 unspecified atom stereocenters. The highest BCUT2D eigenvalue weighted by molar-refractivity contribution is 4.81. The summed E-state index contributed by atoms with van der Waals surface area (Å²) in [6.07, 6.45) is 2.59. The Morgan fingerprint density at radius 2 is 2.15 bits per heavy atom. The van der Waals surface area contributed by atoms with Crippen LogP contribution in [-0.4, -0.2) is 30.6 Å². The van der Waals surface area contributed by atoms with Crippen LogP contribution in [0.1, 0.15) is 33.6 Å². The average molecular weight is 184 g/mol. The molecule has 0 amide bonds. The highest BCUT2D eigenvalue weighted by Gasteiger charge is 2.26. The predicted molar refractivity (Wildman–Crippen MR) is 57.7 cm³/mol. The molecule has 0 saturated carbocycles. The van der Waals surface area contributed by atoms with Crippen molar-refractivity contribution in [3.8, 4) is 0 Å². The van der Waals surface area contributed by atoms with Gasteiger partial charge < -0.3 is 10.6 Å². The van der Waals surface area contributed by atoms with Crippen LogP contribution in [0.2, 0.25) is 0 Å². The van der Waals surface area contributed by atoms with Gasteiger partial charge in [0.2, 0.25) is 0 Å². The van der Waals surface area contributed by atoms with E-state index in [1.54, 1.807) is 0 Å². The number of hydrogen-bond donors (Lipinski definition) is 1. The van der Waals surface area contributed by atoms with Crippen LogP contribution >= 0.6 is 0 Å². The van der Waals surface area contributed by atoms with E-state index in [4.69, 9.17) is 5.73 Å². The summed E-state index contributed by atoms with van der Waals surface area (Å²) in [5.74, 6) is 1.57. The maximum Gasteiger partial charge on any atom is 0.00925 e. The van der Waals surface area contributed by atoms with Crippen LogP contribution in [0, 0.1) is 11.8 Å². The average Bonchev–Trinajstić information content (AvgIpc) is 2.63. The minimum atomic E-state index is 0.738. The van der Waals surface area contributed by atoms with Crippen LogP contribution < -0.4 is 5.73 Å². The summed E-state index contributed by atoms with van der Waals surface area (Å²) in [6.45, 7) is 10.3. The third-order valence-electron chi connectivity index (χ3n) is 3.69. The number of nitrogens with two attached hydrogens (primary N) is 1. The molecule has 1 saturated heterocycles. The van der Waals surface area contributed by atoms with Gasteiger partial charge in [-0.15, -0.1) is 0 Å². The van der Waals surface area contributed by atoms with Crippen LogP contribution in [0.3, 0.4) is 0 Å². The van der Waals surface area contributed by atoms with E-state index in [-0.39, 0.29) is 0 Å². The van der Waals surface area contributed by atoms with Gasteiger partial charge in [-0.25, -0.2) is 0 Å². The van der Waals surface area contributed by atoms with Crippen LogP contribution in [0.5, 0.6) is 0 Å². The molecule has 1 aliphatic heterocycles. The van der Waals surface area contributed by atoms with Crippen molar-refractivity contribution in [2.45, 2.75) is 39.7 Å². The van der Waals surface area contributed by atoms with E-state index in [9.17, 15) is 0 Å². The number of hydrogen-bond acceptors (Lipinski definition) is 2. The number of likely N-dealkylation sites (tertiary alicyclic amines) is 1. The minimum Gasteiger partial charge on any atom is -0.330 e. The SMILES string of the molecule is CCC(C)C(C)N1CCC(CN)C1. The smallest absolute Gasteiger partial charge is 0.00925 e. The van der Waals surface area contributed by atoms with Gasteiger partial charge in [0.1, 0.15) is 0 Å². The van der Waals surface area contributed by atoms with Crippen molar-refractivity contribution in [2.24, 2.45) is 17.6 Å². The van der Waals surface area contributed by atoms with E-state index in [2.05, 4.69) is 25.7 Å². The molecule has 2 heteroatoms. The van der Waals surface area contributed by atoms with Crippen molar-refractivity contribution >= 4 is 0 Å². The van der Waals surface area contributed by atoms with Gasteiger partial charge in [-0.05, 0) is 38.3 Å². The lowest BCUT2D eigenvalue weighted by molar-refractivity contribution is 0.189. The molecule has 13 heavy (non-hydrogen) atoms. The van der Waals surface area contributed by atoms with Crippen LogP contribution in [0.15, 0.2) is 0 Å². The largest absolute Gasteiger partial charge is 0.330 e. The molecule has 0 aromatic carbocycles. The van der Waals surface area contributed by atoms with Crippen molar-refractivity contribution in [3.63, 3.8) is 0 Å². The van der Waals surface area contributed by atoms with Gasteiger partial charge in [-0.1, -0.05) is 20.3 Å². The molecule has 0 spiro atoms. The molecular formula is C11H24N2. The van der Waals surface area contributed by atoms with Crippen molar-refractivity contribution < 1.29 is 0 Å². The zero-order chi connectivity index (χ0) is 9.84. The first-order valence-electron chi connectivity index (χ1n) is 5.63. The second-order valence-electron chi connectivity index (χ2n) is 4.51. The Bertz CT molecular complexity index is 147. The molecule has 0 aliphatic carbocycles. The summed E-state index contributed by atoms with van der Waals surface area (Å²) in [5, 5.41) is 0. The Balaban J connectivity index is 2.36. The van der Waals surface area contributed by atoms with Gasteiger partial charge in [0.25, 0.3) is 0 Å². The molecule has 0 radical (unpaired) electrons. The maximum absolute atomic E-state index is 5.68.